The van der Waals surface area contributed by atoms with Crippen LogP contribution in [0.15, 0.2) is 12.2 Å². The molecule has 0 aliphatic carbocycles. The summed E-state index contributed by atoms with van der Waals surface area (Å²) in [7, 11) is 0. The highest BCUT2D eigenvalue weighted by Crippen LogP contribution is 2.17. The first-order valence-corrected chi connectivity index (χ1v) is 26.5. The van der Waals surface area contributed by atoms with Crippen molar-refractivity contribution in [3.63, 3.8) is 0 Å². The predicted octanol–water partition coefficient (Wildman–Crippen LogP) is 15.9. The maximum atomic E-state index is 12.5. The number of allylic oxidation sites excluding steroid dienone is 2. The van der Waals surface area contributed by atoms with Crippen LogP contribution in [0.25, 0.3) is 0 Å². The number of nitrogens with one attached hydrogen (secondary N) is 1. The summed E-state index contributed by atoms with van der Waals surface area (Å²) in [6.07, 6.45) is 59.3. The van der Waals surface area contributed by atoms with Crippen LogP contribution in [0.4, 0.5) is 0 Å². The van der Waals surface area contributed by atoms with Crippen molar-refractivity contribution in [1.82, 2.24) is 5.32 Å². The van der Waals surface area contributed by atoms with E-state index in [0.29, 0.717) is 12.8 Å². The first-order valence-electron chi connectivity index (χ1n) is 26.5. The lowest BCUT2D eigenvalue weighted by molar-refractivity contribution is -0.124. The molecule has 3 unspecified atom stereocenters. The number of unbranched alkanes of at least 4 members (excludes halogenated alkanes) is 39. The molecule has 0 aliphatic rings. The molecule has 1 amide bonds. The van der Waals surface area contributed by atoms with E-state index < -0.39 is 18.2 Å². The zero-order valence-corrected chi connectivity index (χ0v) is 39.5. The molecule has 0 radical (unpaired) electrons. The second-order valence-corrected chi connectivity index (χ2v) is 18.4. The number of carbonyl (C=O) groups is 1. The van der Waals surface area contributed by atoms with Crippen molar-refractivity contribution in [3.8, 4) is 0 Å². The highest BCUT2D eigenvalue weighted by Gasteiger charge is 2.26. The molecule has 0 aromatic heterocycles. The third kappa shape index (κ3) is 43.2. The number of hydrogen-bond donors (Lipinski definition) is 4. The van der Waals surface area contributed by atoms with Gasteiger partial charge in [-0.05, 0) is 38.5 Å². The van der Waals surface area contributed by atoms with E-state index in [4.69, 9.17) is 0 Å². The average molecular weight is 820 g/mol. The minimum absolute atomic E-state index is 0.140. The highest BCUT2D eigenvalue weighted by molar-refractivity contribution is 5.76. The van der Waals surface area contributed by atoms with Gasteiger partial charge in [-0.1, -0.05) is 264 Å². The lowest BCUT2D eigenvalue weighted by atomic mass is 9.99. The molecule has 0 heterocycles. The fourth-order valence-corrected chi connectivity index (χ4v) is 8.51. The Bertz CT molecular complexity index is 818. The molecule has 0 saturated carbocycles. The summed E-state index contributed by atoms with van der Waals surface area (Å²) < 4.78 is 0. The second-order valence-electron chi connectivity index (χ2n) is 18.4. The SMILES string of the molecule is CCCCCCCCCCCCCC/C=C\CCCCCCCCCCCCCCCC(=O)NC(CO)C(O)C(O)CCCCCCCCCCCCCCCCC. The highest BCUT2D eigenvalue weighted by atomic mass is 16.3. The van der Waals surface area contributed by atoms with Crippen molar-refractivity contribution in [3.05, 3.63) is 12.2 Å². The first kappa shape index (κ1) is 57.1. The molecule has 0 saturated heterocycles. The van der Waals surface area contributed by atoms with E-state index in [1.165, 1.54) is 238 Å². The minimum Gasteiger partial charge on any atom is -0.394 e. The van der Waals surface area contributed by atoms with Gasteiger partial charge >= 0.3 is 0 Å². The van der Waals surface area contributed by atoms with Gasteiger partial charge in [-0.2, -0.15) is 0 Å². The van der Waals surface area contributed by atoms with E-state index in [2.05, 4.69) is 31.3 Å². The van der Waals surface area contributed by atoms with E-state index in [1.54, 1.807) is 0 Å². The summed E-state index contributed by atoms with van der Waals surface area (Å²) in [6.45, 7) is 4.21. The van der Waals surface area contributed by atoms with Gasteiger partial charge in [0.15, 0.2) is 0 Å². The zero-order valence-electron chi connectivity index (χ0n) is 39.5. The normalized spacial score (nSPS) is 13.4. The Labute approximate surface area is 363 Å². The maximum absolute atomic E-state index is 12.5. The van der Waals surface area contributed by atoms with Gasteiger partial charge in [-0.25, -0.2) is 0 Å². The summed E-state index contributed by atoms with van der Waals surface area (Å²) >= 11 is 0. The molecule has 58 heavy (non-hydrogen) atoms. The summed E-state index contributed by atoms with van der Waals surface area (Å²) in [4.78, 5) is 12.5. The molecule has 0 spiro atoms. The standard InChI is InChI=1S/C53H105NO4/c1-3-5-7-9-11-13-15-17-19-20-21-22-23-24-25-26-27-28-29-30-31-32-34-36-38-40-42-44-46-48-52(57)54-50(49-55)53(58)51(56)47-45-43-41-39-37-35-33-18-16-14-12-10-8-6-4-2/h24-25,50-51,53,55-56,58H,3-23,26-49H2,1-2H3,(H,54,57)/b25-24-. The Morgan fingerprint density at radius 1 is 0.414 bits per heavy atom. The molecule has 0 aromatic carbocycles. The van der Waals surface area contributed by atoms with E-state index >= 15 is 0 Å². The largest absolute Gasteiger partial charge is 0.394 e. The number of rotatable bonds is 49. The smallest absolute Gasteiger partial charge is 0.220 e. The lowest BCUT2D eigenvalue weighted by Crippen LogP contribution is -2.50. The van der Waals surface area contributed by atoms with Crippen molar-refractivity contribution in [2.24, 2.45) is 0 Å². The maximum Gasteiger partial charge on any atom is 0.220 e. The van der Waals surface area contributed by atoms with Gasteiger partial charge < -0.3 is 20.6 Å². The number of hydrogen-bond acceptors (Lipinski definition) is 4. The molecular formula is C53H105NO4. The summed E-state index contributed by atoms with van der Waals surface area (Å²) in [5, 5.41) is 33.7. The average Bonchev–Trinajstić information content (AvgIpc) is 3.23. The van der Waals surface area contributed by atoms with Crippen molar-refractivity contribution < 1.29 is 20.1 Å². The Kier molecular flexibility index (Phi) is 48.0. The monoisotopic (exact) mass is 820 g/mol. The minimum atomic E-state index is -1.13. The Balaban J connectivity index is 3.50. The van der Waals surface area contributed by atoms with Crippen LogP contribution >= 0.6 is 0 Å². The van der Waals surface area contributed by atoms with Gasteiger partial charge in [0.05, 0.1) is 18.8 Å². The van der Waals surface area contributed by atoms with Crippen LogP contribution in [-0.2, 0) is 4.79 Å². The molecule has 4 N–H and O–H groups in total. The van der Waals surface area contributed by atoms with Crippen molar-refractivity contribution in [2.45, 2.75) is 315 Å². The molecule has 5 heteroatoms. The zero-order chi connectivity index (χ0) is 42.3. The third-order valence-corrected chi connectivity index (χ3v) is 12.6. The van der Waals surface area contributed by atoms with Gasteiger partial charge in [-0.3, -0.25) is 4.79 Å². The summed E-state index contributed by atoms with van der Waals surface area (Å²) in [6, 6.07) is -0.806. The lowest BCUT2D eigenvalue weighted by Gasteiger charge is -2.26. The molecule has 5 nitrogen and oxygen atoms in total. The van der Waals surface area contributed by atoms with Crippen LogP contribution in [0.2, 0.25) is 0 Å². The number of carbonyl (C=O) groups excluding carboxylic acids is 1. The van der Waals surface area contributed by atoms with Crippen LogP contribution in [0, 0.1) is 0 Å². The predicted molar refractivity (Wildman–Crippen MR) is 255 cm³/mol. The van der Waals surface area contributed by atoms with Gasteiger partial charge in [0, 0.05) is 6.42 Å². The fourth-order valence-electron chi connectivity index (χ4n) is 8.51. The molecule has 3 atom stereocenters. The molecular weight excluding hydrogens is 715 g/mol. The van der Waals surface area contributed by atoms with E-state index in [1.807, 2.05) is 0 Å². The van der Waals surface area contributed by atoms with Crippen LogP contribution in [-0.4, -0.2) is 46.1 Å². The van der Waals surface area contributed by atoms with Crippen LogP contribution in [0.1, 0.15) is 296 Å². The number of amides is 1. The summed E-state index contributed by atoms with van der Waals surface area (Å²) in [5.41, 5.74) is 0. The first-order chi connectivity index (χ1) is 28.6. The van der Waals surface area contributed by atoms with E-state index in [9.17, 15) is 20.1 Å². The summed E-state index contributed by atoms with van der Waals surface area (Å²) in [5.74, 6) is -0.140. The quantitative estimate of drug-likeness (QED) is 0.0364. The van der Waals surface area contributed by atoms with Crippen LogP contribution < -0.4 is 5.32 Å². The number of aliphatic hydroxyl groups is 3. The van der Waals surface area contributed by atoms with Crippen molar-refractivity contribution in [2.75, 3.05) is 6.61 Å². The van der Waals surface area contributed by atoms with Crippen LogP contribution in [0.3, 0.4) is 0 Å². The third-order valence-electron chi connectivity index (χ3n) is 12.6. The van der Waals surface area contributed by atoms with E-state index in [0.717, 1.165) is 32.1 Å². The molecule has 0 aromatic rings. The number of aliphatic hydroxyl groups excluding tert-OH is 3. The topological polar surface area (TPSA) is 89.8 Å². The molecule has 0 rings (SSSR count). The Hall–Kier alpha value is -0.910. The van der Waals surface area contributed by atoms with Gasteiger partial charge in [0.1, 0.15) is 6.10 Å². The van der Waals surface area contributed by atoms with Crippen LogP contribution in [0.5, 0.6) is 0 Å². The molecule has 0 bridgehead atoms. The molecule has 0 aliphatic heterocycles. The van der Waals surface area contributed by atoms with Crippen molar-refractivity contribution >= 4 is 5.91 Å². The molecule has 0 fully saturated rings. The van der Waals surface area contributed by atoms with Crippen molar-refractivity contribution in [1.29, 1.82) is 0 Å². The fraction of sp³-hybridized carbons (Fsp3) is 0.943. The Morgan fingerprint density at radius 2 is 0.690 bits per heavy atom. The van der Waals surface area contributed by atoms with Gasteiger partial charge in [0.2, 0.25) is 5.91 Å². The van der Waals surface area contributed by atoms with Gasteiger partial charge in [-0.15, -0.1) is 0 Å². The Morgan fingerprint density at radius 3 is 1.00 bits per heavy atom. The molecule has 346 valence electrons. The van der Waals surface area contributed by atoms with Gasteiger partial charge in [0.25, 0.3) is 0 Å². The van der Waals surface area contributed by atoms with E-state index in [-0.39, 0.29) is 12.5 Å². The second kappa shape index (κ2) is 48.8.